The Morgan fingerprint density at radius 1 is 0.269 bits per heavy atom. The summed E-state index contributed by atoms with van der Waals surface area (Å²) in [5.74, 6) is 3.92. The summed E-state index contributed by atoms with van der Waals surface area (Å²) in [5.41, 5.74) is 42.9. The van der Waals surface area contributed by atoms with Crippen LogP contribution in [-0.4, -0.2) is 0 Å². The van der Waals surface area contributed by atoms with Gasteiger partial charge in [0.15, 0.2) is 0 Å². The molecule has 7 heteroatoms. The lowest BCUT2D eigenvalue weighted by molar-refractivity contribution is -0.633. The first-order valence-electron chi connectivity index (χ1n) is 49.0. The van der Waals surface area contributed by atoms with E-state index in [1.165, 1.54) is 238 Å². The summed E-state index contributed by atoms with van der Waals surface area (Å²) in [4.78, 5) is 0. The fraction of sp³-hybridized carbons (Fsp3) is 0.390. The van der Waals surface area contributed by atoms with E-state index in [9.17, 15) is 0 Å². The van der Waals surface area contributed by atoms with Crippen LogP contribution in [0.15, 0.2) is 206 Å². The van der Waals surface area contributed by atoms with Crippen molar-refractivity contribution >= 4 is 54.5 Å². The number of aryl methyl sites for hydroxylation is 15. The monoisotopic (exact) mass is 1730 g/mol. The van der Waals surface area contributed by atoms with Gasteiger partial charge in [-0.05, 0) is 322 Å². The smallest absolute Gasteiger partial charge is 0.206 e. The topological polar surface area (TPSA) is 19.4 Å². The fourth-order valence-electron chi connectivity index (χ4n) is 21.7. The fourth-order valence-corrected chi connectivity index (χ4v) is 21.7. The number of benzene rings is 10. The Kier molecular flexibility index (Phi) is 30.2. The van der Waals surface area contributed by atoms with Crippen molar-refractivity contribution in [3.63, 3.8) is 0 Å². The van der Waals surface area contributed by atoms with Crippen LogP contribution in [0.3, 0.4) is 0 Å². The van der Waals surface area contributed by atoms with E-state index in [0.29, 0.717) is 23.7 Å². The minimum absolute atomic E-state index is 0.00442. The van der Waals surface area contributed by atoms with E-state index in [1.807, 2.05) is 0 Å². The predicted octanol–water partition coefficient (Wildman–Crippen LogP) is 30.4. The summed E-state index contributed by atoms with van der Waals surface area (Å²) in [6, 6.07) is 76.5. The van der Waals surface area contributed by atoms with Crippen molar-refractivity contribution in [3.8, 4) is 56.3 Å². The van der Waals surface area contributed by atoms with Crippen LogP contribution in [0.4, 0.5) is 8.78 Å². The third-order valence-corrected chi connectivity index (χ3v) is 29.0. The molecule has 10 aromatic carbocycles. The van der Waals surface area contributed by atoms with Crippen molar-refractivity contribution in [2.24, 2.45) is 58.9 Å². The molecule has 5 nitrogen and oxygen atoms in total. The van der Waals surface area contributed by atoms with Gasteiger partial charge in [0.1, 0.15) is 46.9 Å². The van der Waals surface area contributed by atoms with Gasteiger partial charge in [0.05, 0.1) is 10.8 Å². The summed E-state index contributed by atoms with van der Waals surface area (Å²) in [5, 5.41) is 6.27. The summed E-state index contributed by atoms with van der Waals surface area (Å²) in [6.45, 7) is 43.4. The molecule has 0 spiro atoms. The minimum Gasteiger partial charge on any atom is -0.206 e. The van der Waals surface area contributed by atoms with Gasteiger partial charge in [0.25, 0.3) is 0 Å². The van der Waals surface area contributed by atoms with Gasteiger partial charge in [-0.15, -0.1) is 0 Å². The molecule has 5 heterocycles. The lowest BCUT2D eigenvalue weighted by Crippen LogP contribution is -2.33. The van der Waals surface area contributed by atoms with Crippen LogP contribution in [0.25, 0.3) is 111 Å². The maximum absolute atomic E-state index is 15.4. The van der Waals surface area contributed by atoms with Crippen LogP contribution in [0, 0.1) is 118 Å². The number of rotatable bonds is 16. The molecule has 0 unspecified atom stereocenters. The number of fused-ring (bicyclic) bond motifs is 5. The van der Waals surface area contributed by atoms with Gasteiger partial charge >= 0.3 is 0 Å². The molecule has 0 radical (unpaired) electrons. The second-order valence-electron chi connectivity index (χ2n) is 41.1. The van der Waals surface area contributed by atoms with Crippen LogP contribution in [0.1, 0.15) is 256 Å². The summed E-state index contributed by atoms with van der Waals surface area (Å²) >= 11 is 0. The lowest BCUT2D eigenvalue weighted by atomic mass is 9.91. The molecule has 5 aromatic heterocycles. The average Bonchev–Trinajstić information content (AvgIpc) is 0.898. The maximum atomic E-state index is 15.4. The predicted molar refractivity (Wildman–Crippen MR) is 547 cm³/mol. The van der Waals surface area contributed by atoms with E-state index in [-0.39, 0.29) is 11.6 Å². The number of pyridine rings is 5. The first-order chi connectivity index (χ1) is 62.1. The molecule has 3 aliphatic carbocycles. The van der Waals surface area contributed by atoms with Gasteiger partial charge in [-0.1, -0.05) is 201 Å². The normalized spacial score (nSPS) is 13.7. The maximum Gasteiger partial charge on any atom is 0.213 e. The highest BCUT2D eigenvalue weighted by atomic mass is 19.1. The molecule has 0 saturated heterocycles. The molecule has 0 bridgehead atoms. The third-order valence-electron chi connectivity index (χ3n) is 29.0. The molecule has 0 atom stereocenters. The molecule has 15 aromatic rings. The number of hydrogen-bond donors (Lipinski definition) is 0. The Bertz CT molecular complexity index is 6630. The van der Waals surface area contributed by atoms with Crippen molar-refractivity contribution in [3.05, 3.63) is 324 Å². The minimum atomic E-state index is -0.00520. The van der Waals surface area contributed by atoms with E-state index in [2.05, 4.69) is 403 Å². The summed E-state index contributed by atoms with van der Waals surface area (Å²) < 4.78 is 42.4. The van der Waals surface area contributed by atoms with E-state index >= 15 is 8.78 Å². The van der Waals surface area contributed by atoms with Gasteiger partial charge in [-0.3, -0.25) is 0 Å². The van der Waals surface area contributed by atoms with Crippen molar-refractivity contribution in [2.75, 3.05) is 0 Å². The SMILES string of the molecule is Cc1cc(C)c(C)c(-c2ccc3c(C4CCCC4)cccc3[n+]2C)c1.Cc1cc(C)c(C)c(-c2ccc3c(CC(C)C)c(F)c(CC(C)C)cc3[n+]2C)c1.Cc1ccc(C)c(-c2ccc3c(C4CCCC4)cccc3[n+]2C)c1.Cc1ccc(C)c(-c2ccc3c(CC(C)C)c(F)c(CC(C)C)cc3[n+]2C)c1.Cc1ccc(C)c(-c2ccc3ccc(C4CCCC4)cc3[n+]2C)c1. The van der Waals surface area contributed by atoms with Gasteiger partial charge in [0, 0.05) is 116 Å². The summed E-state index contributed by atoms with van der Waals surface area (Å²) in [7, 11) is 10.9. The number of nitrogens with zero attached hydrogens (tertiary/aromatic N) is 5. The molecule has 3 saturated carbocycles. The standard InChI is InChI=1S/C27H35FN.C26H33FN.C24H28N.2C23H26N/c1-16(2)11-21-15-26-22(24(27(21)28)12-17(3)4)9-10-25(29(26)8)23-14-18(5)13-19(6)20(23)7;1-16(2)12-20-15-25-21(23(26(20)27)13-17(3)4)10-11-24(28(25)7)22-14-18(5)8-9-19(22)6;1-16-14-17(2)18(3)22(15-16)24-13-12-21-20(19-8-5-6-9-19)10-7-11-23(21)25(24)4;1-16-11-12-17(2)21(15-16)23-14-13-20-19(18-7-4-5-8-18)9-6-10-22(20)24(23)3;1-16-8-9-17(2)21(14-16)22-13-12-19-10-11-20(15-23(19)24(22)3)18-6-4-5-7-18/h9-10,13-17H,11-12H2,1-8H3;8-11,14-17H,12-13H2,1-7H3;7,10-15,19H,5-6,8-9H2,1-4H3;6,9-15,18H,4-5,7-8H2,1-3H3;8-15,18H,4-7H2,1-3H3/q5*+1. The second kappa shape index (κ2) is 41.3. The Balaban J connectivity index is 0.000000131. The Labute approximate surface area is 778 Å². The zero-order chi connectivity index (χ0) is 93.0. The first-order valence-corrected chi connectivity index (χ1v) is 49.0. The van der Waals surface area contributed by atoms with Gasteiger partial charge in [0.2, 0.25) is 56.1 Å². The zero-order valence-electron chi connectivity index (χ0n) is 83.5. The number of hydrogen-bond acceptors (Lipinski definition) is 0. The van der Waals surface area contributed by atoms with Crippen LogP contribution in [0.2, 0.25) is 0 Å². The molecule has 130 heavy (non-hydrogen) atoms. The molecular formula is C123H148F2N5+5. The molecule has 0 amide bonds. The van der Waals surface area contributed by atoms with Crippen molar-refractivity contribution in [1.29, 1.82) is 0 Å². The van der Waals surface area contributed by atoms with Gasteiger partial charge < -0.3 is 0 Å². The van der Waals surface area contributed by atoms with E-state index in [1.54, 1.807) is 11.1 Å². The van der Waals surface area contributed by atoms with Crippen molar-refractivity contribution < 1.29 is 31.6 Å². The van der Waals surface area contributed by atoms with Crippen molar-refractivity contribution in [2.45, 2.75) is 259 Å². The molecular weight excluding hydrogens is 1590 g/mol. The van der Waals surface area contributed by atoms with Gasteiger partial charge in [-0.25, -0.2) is 8.78 Å². The van der Waals surface area contributed by atoms with E-state index in [0.717, 1.165) is 87.5 Å². The Hall–Kier alpha value is -10.9. The Morgan fingerprint density at radius 2 is 0.577 bits per heavy atom. The Morgan fingerprint density at radius 3 is 0.938 bits per heavy atom. The molecule has 674 valence electrons. The van der Waals surface area contributed by atoms with E-state index < -0.39 is 0 Å². The van der Waals surface area contributed by atoms with E-state index in [4.69, 9.17) is 0 Å². The first kappa shape index (κ1) is 95.2. The molecule has 3 aliphatic rings. The number of aromatic nitrogens is 5. The molecule has 0 N–H and O–H groups in total. The quantitative estimate of drug-likeness (QED) is 0.0859. The molecule has 18 rings (SSSR count). The largest absolute Gasteiger partial charge is 0.213 e. The van der Waals surface area contributed by atoms with Crippen molar-refractivity contribution in [1.82, 2.24) is 0 Å². The zero-order valence-corrected chi connectivity index (χ0v) is 83.5. The lowest BCUT2D eigenvalue weighted by Gasteiger charge is -2.16. The average molecular weight is 1730 g/mol. The van der Waals surface area contributed by atoms with Gasteiger partial charge in [-0.2, -0.15) is 22.8 Å². The highest BCUT2D eigenvalue weighted by Gasteiger charge is 2.31. The molecule has 3 fully saturated rings. The van der Waals surface area contributed by atoms with Crippen LogP contribution >= 0.6 is 0 Å². The highest BCUT2D eigenvalue weighted by Crippen LogP contribution is 2.42. The van der Waals surface area contributed by atoms with Crippen LogP contribution in [0.5, 0.6) is 0 Å². The third kappa shape index (κ3) is 20.9. The number of halogens is 2. The van der Waals surface area contributed by atoms with Crippen LogP contribution < -0.4 is 22.8 Å². The second-order valence-corrected chi connectivity index (χ2v) is 41.1. The summed E-state index contributed by atoms with van der Waals surface area (Å²) in [6.07, 6.45) is 19.5. The van der Waals surface area contributed by atoms with Crippen LogP contribution in [-0.2, 0) is 60.9 Å². The highest BCUT2D eigenvalue weighted by molar-refractivity contribution is 5.87. The molecule has 0 aliphatic heterocycles.